The molecule has 0 aromatic heterocycles. The third-order valence-electron chi connectivity index (χ3n) is 1.77. The van der Waals surface area contributed by atoms with E-state index in [-0.39, 0.29) is 18.6 Å². The van der Waals surface area contributed by atoms with Gasteiger partial charge in [-0.05, 0) is 20.8 Å². The molecule has 90 valence electrons. The number of carbonyl (C=O) groups is 1. The minimum absolute atomic E-state index is 0. The summed E-state index contributed by atoms with van der Waals surface area (Å²) in [6.45, 7) is 5.65. The topological polar surface area (TPSA) is 50.4 Å². The molecule has 0 aliphatic carbocycles. The van der Waals surface area contributed by atoms with Gasteiger partial charge < -0.3 is 10.1 Å². The largest absolute Gasteiger partial charge is 0.444 e. The van der Waals surface area contributed by atoms with Crippen LogP contribution in [0.2, 0.25) is 0 Å². The first-order chi connectivity index (χ1) is 6.37. The number of hydrogen-bond acceptors (Lipinski definition) is 3. The predicted octanol–water partition coefficient (Wildman–Crippen LogP) is 1.59. The molecule has 2 atom stereocenters. The summed E-state index contributed by atoms with van der Waals surface area (Å²) in [5.74, 6) is 0. The molecule has 1 rings (SSSR count). The van der Waals surface area contributed by atoms with Crippen molar-refractivity contribution in [2.75, 3.05) is 6.54 Å². The van der Waals surface area contributed by atoms with E-state index in [0.29, 0.717) is 13.0 Å². The Kier molecular flexibility index (Phi) is 5.31. The molecule has 1 amide bonds. The molecule has 1 heterocycles. The molecular formula is C9H18ClFN2O2. The number of ether oxygens (including phenoxy) is 1. The molecule has 0 bridgehead atoms. The van der Waals surface area contributed by atoms with Gasteiger partial charge in [-0.3, -0.25) is 5.32 Å². The Hall–Kier alpha value is -0.550. The van der Waals surface area contributed by atoms with Crippen LogP contribution in [0.1, 0.15) is 27.2 Å². The van der Waals surface area contributed by atoms with Crippen LogP contribution in [0, 0.1) is 0 Å². The van der Waals surface area contributed by atoms with Crippen molar-refractivity contribution in [2.45, 2.75) is 45.1 Å². The number of alkyl halides is 1. The van der Waals surface area contributed by atoms with Gasteiger partial charge in [0.2, 0.25) is 0 Å². The summed E-state index contributed by atoms with van der Waals surface area (Å²) >= 11 is 0. The highest BCUT2D eigenvalue weighted by Gasteiger charge is 2.26. The van der Waals surface area contributed by atoms with Gasteiger partial charge in [0.1, 0.15) is 11.8 Å². The molecule has 6 heteroatoms. The molecule has 4 nitrogen and oxygen atoms in total. The lowest BCUT2D eigenvalue weighted by molar-refractivity contribution is 0.0499. The van der Waals surface area contributed by atoms with Crippen LogP contribution in [-0.4, -0.2) is 30.6 Å². The third kappa shape index (κ3) is 5.79. The van der Waals surface area contributed by atoms with Gasteiger partial charge in [-0.25, -0.2) is 9.18 Å². The fourth-order valence-corrected chi connectivity index (χ4v) is 1.25. The molecular weight excluding hydrogens is 223 g/mol. The summed E-state index contributed by atoms with van der Waals surface area (Å²) in [4.78, 5) is 11.2. The Bertz CT molecular complexity index is 221. The monoisotopic (exact) mass is 240 g/mol. The number of nitrogens with one attached hydrogen (secondary N) is 2. The highest BCUT2D eigenvalue weighted by atomic mass is 35.5. The van der Waals surface area contributed by atoms with Gasteiger partial charge in [-0.15, -0.1) is 12.4 Å². The molecule has 1 aliphatic rings. The highest BCUT2D eigenvalue weighted by Crippen LogP contribution is 2.10. The number of carbonyl (C=O) groups excluding carboxylic acids is 1. The van der Waals surface area contributed by atoms with Gasteiger partial charge in [0.25, 0.3) is 0 Å². The standard InChI is InChI=1S/C9H17FN2O2.ClH/c1-9(2,3)14-8(13)12-7-4-6(10)5-11-7;/h6-7,11H,4-5H2,1-3H3,(H,12,13);1H. The molecule has 0 spiro atoms. The second-order valence-electron chi connectivity index (χ2n) is 4.44. The van der Waals surface area contributed by atoms with E-state index >= 15 is 0 Å². The van der Waals surface area contributed by atoms with Gasteiger partial charge in [0.15, 0.2) is 0 Å². The lowest BCUT2D eigenvalue weighted by atomic mass is 10.2. The molecule has 0 saturated carbocycles. The van der Waals surface area contributed by atoms with Crippen LogP contribution >= 0.6 is 12.4 Å². The quantitative estimate of drug-likeness (QED) is 0.732. The average Bonchev–Trinajstić information content (AvgIpc) is 2.30. The van der Waals surface area contributed by atoms with Crippen molar-refractivity contribution < 1.29 is 13.9 Å². The van der Waals surface area contributed by atoms with Crippen LogP contribution in [0.25, 0.3) is 0 Å². The summed E-state index contributed by atoms with van der Waals surface area (Å²) in [7, 11) is 0. The van der Waals surface area contributed by atoms with Crippen LogP contribution in [0.15, 0.2) is 0 Å². The van der Waals surface area contributed by atoms with Crippen molar-refractivity contribution >= 4 is 18.5 Å². The van der Waals surface area contributed by atoms with Gasteiger partial charge in [-0.1, -0.05) is 0 Å². The fourth-order valence-electron chi connectivity index (χ4n) is 1.25. The Labute approximate surface area is 95.3 Å². The minimum Gasteiger partial charge on any atom is -0.444 e. The van der Waals surface area contributed by atoms with Gasteiger partial charge >= 0.3 is 6.09 Å². The van der Waals surface area contributed by atoms with E-state index in [9.17, 15) is 9.18 Å². The number of halogens is 2. The van der Waals surface area contributed by atoms with Crippen LogP contribution < -0.4 is 10.6 Å². The summed E-state index contributed by atoms with van der Waals surface area (Å²) in [5.41, 5.74) is -0.516. The lowest BCUT2D eigenvalue weighted by Crippen LogP contribution is -2.43. The SMILES string of the molecule is CC(C)(C)OC(=O)NC1CC(F)CN1.Cl. The maximum atomic E-state index is 12.7. The van der Waals surface area contributed by atoms with Gasteiger partial charge in [-0.2, -0.15) is 0 Å². The predicted molar refractivity (Wildman–Crippen MR) is 57.9 cm³/mol. The number of alkyl carbamates (subject to hydrolysis) is 1. The Morgan fingerprint density at radius 1 is 1.53 bits per heavy atom. The van der Waals surface area contributed by atoms with Gasteiger partial charge in [0.05, 0.1) is 6.17 Å². The summed E-state index contributed by atoms with van der Waals surface area (Å²) in [5, 5.41) is 5.39. The molecule has 15 heavy (non-hydrogen) atoms. The zero-order valence-corrected chi connectivity index (χ0v) is 9.99. The molecule has 2 N–H and O–H groups in total. The van der Waals surface area contributed by atoms with Crippen LogP contribution in [0.4, 0.5) is 9.18 Å². The van der Waals surface area contributed by atoms with E-state index in [0.717, 1.165) is 0 Å². The smallest absolute Gasteiger partial charge is 0.408 e. The second-order valence-corrected chi connectivity index (χ2v) is 4.44. The first-order valence-electron chi connectivity index (χ1n) is 4.74. The molecule has 2 unspecified atom stereocenters. The van der Waals surface area contributed by atoms with Crippen molar-refractivity contribution in [2.24, 2.45) is 0 Å². The lowest BCUT2D eigenvalue weighted by Gasteiger charge is -2.21. The summed E-state index contributed by atoms with van der Waals surface area (Å²) < 4.78 is 17.7. The van der Waals surface area contributed by atoms with E-state index in [4.69, 9.17) is 4.74 Å². The number of hydrogen-bond donors (Lipinski definition) is 2. The summed E-state index contributed by atoms with van der Waals surface area (Å²) in [6, 6.07) is 0. The van der Waals surface area contributed by atoms with Crippen molar-refractivity contribution in [3.63, 3.8) is 0 Å². The molecule has 0 radical (unpaired) electrons. The highest BCUT2D eigenvalue weighted by molar-refractivity contribution is 5.85. The fraction of sp³-hybridized carbons (Fsp3) is 0.889. The van der Waals surface area contributed by atoms with E-state index in [1.807, 2.05) is 0 Å². The second kappa shape index (κ2) is 5.51. The van der Waals surface area contributed by atoms with Crippen molar-refractivity contribution in [1.82, 2.24) is 10.6 Å². The number of amides is 1. The average molecular weight is 241 g/mol. The first-order valence-corrected chi connectivity index (χ1v) is 4.74. The molecule has 1 saturated heterocycles. The number of rotatable bonds is 1. The van der Waals surface area contributed by atoms with Crippen LogP contribution in [0.5, 0.6) is 0 Å². The maximum Gasteiger partial charge on any atom is 0.408 e. The zero-order chi connectivity index (χ0) is 10.8. The van der Waals surface area contributed by atoms with E-state index in [1.165, 1.54) is 0 Å². The normalized spacial score (nSPS) is 25.6. The molecule has 1 aliphatic heterocycles. The van der Waals surface area contributed by atoms with Gasteiger partial charge in [0, 0.05) is 13.0 Å². The van der Waals surface area contributed by atoms with Crippen LogP contribution in [-0.2, 0) is 4.74 Å². The Balaban J connectivity index is 0.00000196. The van der Waals surface area contributed by atoms with Crippen molar-refractivity contribution in [1.29, 1.82) is 0 Å². The first kappa shape index (κ1) is 14.5. The minimum atomic E-state index is -0.880. The zero-order valence-electron chi connectivity index (χ0n) is 9.17. The van der Waals surface area contributed by atoms with E-state index < -0.39 is 17.9 Å². The van der Waals surface area contributed by atoms with E-state index in [1.54, 1.807) is 20.8 Å². The summed E-state index contributed by atoms with van der Waals surface area (Å²) in [6.07, 6.45) is -1.39. The Morgan fingerprint density at radius 2 is 2.13 bits per heavy atom. The third-order valence-corrected chi connectivity index (χ3v) is 1.77. The maximum absolute atomic E-state index is 12.7. The van der Waals surface area contributed by atoms with E-state index in [2.05, 4.69) is 10.6 Å². The molecule has 0 aromatic rings. The molecule has 0 aromatic carbocycles. The van der Waals surface area contributed by atoms with Crippen molar-refractivity contribution in [3.05, 3.63) is 0 Å². The Morgan fingerprint density at radius 3 is 2.53 bits per heavy atom. The van der Waals surface area contributed by atoms with Crippen LogP contribution in [0.3, 0.4) is 0 Å². The molecule has 1 fully saturated rings. The van der Waals surface area contributed by atoms with Crippen molar-refractivity contribution in [3.8, 4) is 0 Å².